The number of urea groups is 1. The van der Waals surface area contributed by atoms with Crippen LogP contribution < -0.4 is 5.73 Å². The number of aryl methyl sites for hydroxylation is 2. The third-order valence-electron chi connectivity index (χ3n) is 3.41. The number of thiophene rings is 1. The number of nitrogens with zero attached hydrogens (tertiary/aromatic N) is 1. The summed E-state index contributed by atoms with van der Waals surface area (Å²) in [6.45, 7) is 1.67. The van der Waals surface area contributed by atoms with Crippen LogP contribution in [0.2, 0.25) is 0 Å². The number of primary amides is 1. The van der Waals surface area contributed by atoms with Crippen LogP contribution in [-0.2, 0) is 12.8 Å². The Bertz CT molecular complexity index is 682. The van der Waals surface area contributed by atoms with Crippen LogP contribution in [0.1, 0.15) is 22.2 Å². The van der Waals surface area contributed by atoms with E-state index in [0.717, 1.165) is 23.3 Å². The van der Waals surface area contributed by atoms with Crippen LogP contribution in [0.5, 0.6) is 0 Å². The summed E-state index contributed by atoms with van der Waals surface area (Å²) < 4.78 is 12.9. The van der Waals surface area contributed by atoms with E-state index in [1.165, 1.54) is 17.0 Å². The molecule has 0 aliphatic heterocycles. The Morgan fingerprint density at radius 1 is 1.30 bits per heavy atom. The van der Waals surface area contributed by atoms with Gasteiger partial charge in [0.2, 0.25) is 0 Å². The number of halogens is 1. The molecule has 0 unspecified atom stereocenters. The molecular weight excluding hydrogens is 315 g/mol. The van der Waals surface area contributed by atoms with Crippen molar-refractivity contribution in [2.24, 2.45) is 5.73 Å². The number of carbonyl (C=O) groups is 1. The minimum Gasteiger partial charge on any atom is -0.350 e. The summed E-state index contributed by atoms with van der Waals surface area (Å²) in [7, 11) is 0. The highest BCUT2D eigenvalue weighted by Gasteiger charge is 2.11. The van der Waals surface area contributed by atoms with Crippen LogP contribution in [0.4, 0.5) is 9.18 Å². The van der Waals surface area contributed by atoms with Gasteiger partial charge in [0.05, 0.1) is 6.04 Å². The molecule has 1 heterocycles. The monoisotopic (exact) mass is 334 g/mol. The largest absolute Gasteiger partial charge is 0.350 e. The molecule has 23 heavy (non-hydrogen) atoms. The molecule has 2 rings (SSSR count). The average Bonchev–Trinajstić information content (AvgIpc) is 2.99. The summed E-state index contributed by atoms with van der Waals surface area (Å²) in [5.74, 6) is -0.222. The highest BCUT2D eigenvalue weighted by molar-refractivity contribution is 7.12. The quantitative estimate of drug-likeness (QED) is 0.622. The predicted molar refractivity (Wildman–Crippen MR) is 89.8 cm³/mol. The standard InChI is InChI=1S/C17H19FN2O2S/c1-12(20(22)17(19)21)2-8-15-10-11-16(23-15)9-5-13-3-6-14(18)7-4-13/h2-4,6-8,10-12,22H,5,9H2,1H3,(H2,19,21)/t12-/m1/s1. The van der Waals surface area contributed by atoms with Gasteiger partial charge in [0.1, 0.15) is 5.82 Å². The topological polar surface area (TPSA) is 66.6 Å². The maximum Gasteiger partial charge on any atom is 0.339 e. The number of amides is 2. The second-order valence-electron chi connectivity index (χ2n) is 5.21. The molecule has 0 aliphatic rings. The fourth-order valence-electron chi connectivity index (χ4n) is 2.05. The fourth-order valence-corrected chi connectivity index (χ4v) is 2.98. The summed E-state index contributed by atoms with van der Waals surface area (Å²) in [5, 5.41) is 9.88. The average molecular weight is 334 g/mol. The molecular formula is C17H19FN2O2S. The normalized spacial score (nSPS) is 12.5. The van der Waals surface area contributed by atoms with Crippen molar-refractivity contribution in [3.8, 4) is 0 Å². The third-order valence-corrected chi connectivity index (χ3v) is 4.52. The van der Waals surface area contributed by atoms with Crippen molar-refractivity contribution in [1.29, 1.82) is 0 Å². The number of rotatable bonds is 6. The van der Waals surface area contributed by atoms with E-state index in [9.17, 15) is 14.4 Å². The van der Waals surface area contributed by atoms with Gasteiger partial charge in [-0.15, -0.1) is 11.3 Å². The minimum atomic E-state index is -0.881. The summed E-state index contributed by atoms with van der Waals surface area (Å²) in [5.41, 5.74) is 6.10. The molecule has 1 atom stereocenters. The van der Waals surface area contributed by atoms with E-state index in [1.54, 1.807) is 36.5 Å². The predicted octanol–water partition coefficient (Wildman–Crippen LogP) is 3.84. The molecule has 1 aromatic carbocycles. The highest BCUT2D eigenvalue weighted by atomic mass is 32.1. The van der Waals surface area contributed by atoms with Gasteiger partial charge in [-0.05, 0) is 55.7 Å². The summed E-state index contributed by atoms with van der Waals surface area (Å²) in [6.07, 6.45) is 5.29. The molecule has 2 amide bonds. The first-order valence-electron chi connectivity index (χ1n) is 7.24. The Morgan fingerprint density at radius 2 is 2.00 bits per heavy atom. The van der Waals surface area contributed by atoms with E-state index < -0.39 is 12.1 Å². The number of benzene rings is 1. The molecule has 0 spiro atoms. The van der Waals surface area contributed by atoms with Crippen molar-refractivity contribution >= 4 is 23.4 Å². The van der Waals surface area contributed by atoms with E-state index >= 15 is 0 Å². The SMILES string of the molecule is C[C@H](C=Cc1ccc(CCc2ccc(F)cc2)s1)N(O)C(N)=O. The molecule has 4 nitrogen and oxygen atoms in total. The van der Waals surface area contributed by atoms with Gasteiger partial charge in [-0.1, -0.05) is 18.2 Å². The first-order valence-corrected chi connectivity index (χ1v) is 8.06. The van der Waals surface area contributed by atoms with Crippen LogP contribution in [0.3, 0.4) is 0 Å². The van der Waals surface area contributed by atoms with Gasteiger partial charge in [-0.3, -0.25) is 5.21 Å². The van der Waals surface area contributed by atoms with Crippen molar-refractivity contribution in [2.75, 3.05) is 0 Å². The number of hydroxylamine groups is 2. The molecule has 0 bridgehead atoms. The number of nitrogens with two attached hydrogens (primary N) is 1. The fraction of sp³-hybridized carbons (Fsp3) is 0.235. The Labute approximate surface area is 138 Å². The Morgan fingerprint density at radius 3 is 2.65 bits per heavy atom. The van der Waals surface area contributed by atoms with Gasteiger partial charge >= 0.3 is 6.03 Å². The van der Waals surface area contributed by atoms with E-state index in [4.69, 9.17) is 5.73 Å². The molecule has 3 N–H and O–H groups in total. The van der Waals surface area contributed by atoms with Crippen LogP contribution in [0.15, 0.2) is 42.5 Å². The lowest BCUT2D eigenvalue weighted by Crippen LogP contribution is -2.38. The Balaban J connectivity index is 1.90. The maximum absolute atomic E-state index is 12.9. The molecule has 6 heteroatoms. The first kappa shape index (κ1) is 17.2. The second kappa shape index (κ2) is 7.89. The zero-order chi connectivity index (χ0) is 16.8. The second-order valence-corrected chi connectivity index (χ2v) is 6.41. The van der Waals surface area contributed by atoms with E-state index in [2.05, 4.69) is 0 Å². The summed E-state index contributed by atoms with van der Waals surface area (Å²) in [4.78, 5) is 13.1. The zero-order valence-corrected chi connectivity index (χ0v) is 13.6. The maximum atomic E-state index is 12.9. The van der Waals surface area contributed by atoms with Crippen molar-refractivity contribution in [3.05, 3.63) is 63.6 Å². The number of carbonyl (C=O) groups excluding carboxylic acids is 1. The van der Waals surface area contributed by atoms with Crippen molar-refractivity contribution < 1.29 is 14.4 Å². The molecule has 2 aromatic rings. The highest BCUT2D eigenvalue weighted by Crippen LogP contribution is 2.20. The Hall–Kier alpha value is -2.18. The molecule has 0 fully saturated rings. The van der Waals surface area contributed by atoms with Gasteiger partial charge in [0.25, 0.3) is 0 Å². The molecule has 0 aliphatic carbocycles. The van der Waals surface area contributed by atoms with Crippen molar-refractivity contribution in [3.63, 3.8) is 0 Å². The lowest BCUT2D eigenvalue weighted by Gasteiger charge is -2.16. The molecule has 122 valence electrons. The van der Waals surface area contributed by atoms with Crippen LogP contribution in [-0.4, -0.2) is 22.3 Å². The number of hydrogen-bond donors (Lipinski definition) is 2. The minimum absolute atomic E-state index is 0.222. The van der Waals surface area contributed by atoms with E-state index in [-0.39, 0.29) is 5.82 Å². The van der Waals surface area contributed by atoms with Crippen LogP contribution >= 0.6 is 11.3 Å². The van der Waals surface area contributed by atoms with Gasteiger partial charge in [-0.2, -0.15) is 5.06 Å². The zero-order valence-electron chi connectivity index (χ0n) is 12.8. The number of hydrogen-bond acceptors (Lipinski definition) is 3. The summed E-state index contributed by atoms with van der Waals surface area (Å²) in [6, 6.07) is 9.20. The van der Waals surface area contributed by atoms with Crippen molar-refractivity contribution in [1.82, 2.24) is 5.06 Å². The van der Waals surface area contributed by atoms with Gasteiger partial charge in [0.15, 0.2) is 0 Å². The first-order chi connectivity index (χ1) is 11.0. The lowest BCUT2D eigenvalue weighted by atomic mass is 10.1. The van der Waals surface area contributed by atoms with Gasteiger partial charge in [0, 0.05) is 9.75 Å². The van der Waals surface area contributed by atoms with Crippen LogP contribution in [0.25, 0.3) is 6.08 Å². The van der Waals surface area contributed by atoms with E-state index in [1.807, 2.05) is 18.2 Å². The Kier molecular flexibility index (Phi) is 5.90. The summed E-state index contributed by atoms with van der Waals surface area (Å²) >= 11 is 1.64. The lowest BCUT2D eigenvalue weighted by molar-refractivity contribution is -0.0560. The van der Waals surface area contributed by atoms with Gasteiger partial charge < -0.3 is 5.73 Å². The smallest absolute Gasteiger partial charge is 0.339 e. The van der Waals surface area contributed by atoms with Crippen LogP contribution in [0, 0.1) is 5.82 Å². The molecule has 0 saturated heterocycles. The molecule has 1 aromatic heterocycles. The third kappa shape index (κ3) is 5.19. The van der Waals surface area contributed by atoms with Crippen molar-refractivity contribution in [2.45, 2.75) is 25.8 Å². The molecule has 0 radical (unpaired) electrons. The van der Waals surface area contributed by atoms with Gasteiger partial charge in [-0.25, -0.2) is 9.18 Å². The molecule has 0 saturated carbocycles. The van der Waals surface area contributed by atoms with E-state index in [0.29, 0.717) is 5.06 Å².